The molecule has 0 fully saturated rings. The van der Waals surface area contributed by atoms with E-state index in [2.05, 4.69) is 63.8 Å². The molecule has 1 atom stereocenters. The zero-order chi connectivity index (χ0) is 14.5. The van der Waals surface area contributed by atoms with Crippen LogP contribution in [0.25, 0.3) is 0 Å². The molecule has 0 bridgehead atoms. The van der Waals surface area contributed by atoms with Crippen molar-refractivity contribution in [3.05, 3.63) is 38.5 Å². The average Bonchev–Trinajstić information content (AvgIpc) is 3.01. The summed E-state index contributed by atoms with van der Waals surface area (Å²) in [7, 11) is 0. The van der Waals surface area contributed by atoms with E-state index in [1.54, 1.807) is 0 Å². The minimum Gasteiger partial charge on any atom is -0.335 e. The van der Waals surface area contributed by atoms with Crippen molar-refractivity contribution in [2.24, 2.45) is 0 Å². The summed E-state index contributed by atoms with van der Waals surface area (Å²) in [6.45, 7) is 8.52. The molecule has 2 rings (SSSR count). The van der Waals surface area contributed by atoms with Crippen LogP contribution in [-0.4, -0.2) is 16.1 Å². The molecule has 20 heavy (non-hydrogen) atoms. The van der Waals surface area contributed by atoms with Crippen LogP contribution in [0.5, 0.6) is 0 Å². The molecule has 0 aromatic carbocycles. The number of thiophene rings is 1. The van der Waals surface area contributed by atoms with Gasteiger partial charge in [-0.25, -0.2) is 4.98 Å². The van der Waals surface area contributed by atoms with Gasteiger partial charge in [0.05, 0.1) is 3.79 Å². The van der Waals surface area contributed by atoms with Crippen molar-refractivity contribution < 1.29 is 0 Å². The van der Waals surface area contributed by atoms with E-state index in [0.717, 1.165) is 31.8 Å². The second-order valence-electron chi connectivity index (χ2n) is 4.95. The van der Waals surface area contributed by atoms with Gasteiger partial charge in [0, 0.05) is 36.3 Å². The third kappa shape index (κ3) is 3.71. The highest BCUT2D eigenvalue weighted by atomic mass is 79.9. The molecule has 2 heterocycles. The molecule has 0 aliphatic carbocycles. The first-order valence-corrected chi connectivity index (χ1v) is 8.75. The molecule has 1 unspecified atom stereocenters. The van der Waals surface area contributed by atoms with E-state index in [4.69, 9.17) is 0 Å². The maximum absolute atomic E-state index is 4.51. The fourth-order valence-electron chi connectivity index (χ4n) is 2.25. The number of rotatable bonds is 7. The van der Waals surface area contributed by atoms with E-state index in [9.17, 15) is 0 Å². The molecule has 0 aliphatic rings. The smallest absolute Gasteiger partial charge is 0.110 e. The van der Waals surface area contributed by atoms with Gasteiger partial charge in [-0.05, 0) is 54.4 Å². The van der Waals surface area contributed by atoms with Gasteiger partial charge in [-0.2, -0.15) is 0 Å². The van der Waals surface area contributed by atoms with Gasteiger partial charge in [0.1, 0.15) is 5.82 Å². The molecular formula is C15H22BrN3S. The highest BCUT2D eigenvalue weighted by Gasteiger charge is 2.17. The standard InChI is InChI=1S/C15H22BrN3S/c1-4-6-17-12(13-9-11(3)15(16)20-13)10-14-18-7-8-19(14)5-2/h7-9,12,17H,4-6,10H2,1-3H3. The van der Waals surface area contributed by atoms with Gasteiger partial charge >= 0.3 is 0 Å². The number of aryl methyl sites for hydroxylation is 2. The van der Waals surface area contributed by atoms with Crippen LogP contribution in [0.3, 0.4) is 0 Å². The maximum atomic E-state index is 4.51. The summed E-state index contributed by atoms with van der Waals surface area (Å²) in [6.07, 6.45) is 6.03. The predicted octanol–water partition coefficient (Wildman–Crippen LogP) is 4.32. The summed E-state index contributed by atoms with van der Waals surface area (Å²) >= 11 is 5.45. The van der Waals surface area contributed by atoms with Crippen LogP contribution in [0, 0.1) is 6.92 Å². The first-order valence-electron chi connectivity index (χ1n) is 7.14. The largest absolute Gasteiger partial charge is 0.335 e. The van der Waals surface area contributed by atoms with Crippen molar-refractivity contribution >= 4 is 27.3 Å². The van der Waals surface area contributed by atoms with Crippen LogP contribution >= 0.6 is 27.3 Å². The van der Waals surface area contributed by atoms with Crippen LogP contribution in [0.4, 0.5) is 0 Å². The quantitative estimate of drug-likeness (QED) is 0.801. The number of imidazole rings is 1. The van der Waals surface area contributed by atoms with E-state index in [1.807, 2.05) is 17.5 Å². The Bertz CT molecular complexity index is 528. The average molecular weight is 356 g/mol. The van der Waals surface area contributed by atoms with E-state index >= 15 is 0 Å². The van der Waals surface area contributed by atoms with Gasteiger partial charge in [-0.3, -0.25) is 0 Å². The first kappa shape index (κ1) is 15.7. The Morgan fingerprint density at radius 3 is 2.85 bits per heavy atom. The lowest BCUT2D eigenvalue weighted by molar-refractivity contribution is 0.513. The van der Waals surface area contributed by atoms with Crippen molar-refractivity contribution in [1.82, 2.24) is 14.9 Å². The zero-order valence-electron chi connectivity index (χ0n) is 12.3. The Hall–Kier alpha value is -0.650. The highest BCUT2D eigenvalue weighted by molar-refractivity contribution is 9.11. The first-order chi connectivity index (χ1) is 9.65. The van der Waals surface area contributed by atoms with Crippen molar-refractivity contribution in [2.45, 2.75) is 46.2 Å². The predicted molar refractivity (Wildman–Crippen MR) is 89.4 cm³/mol. The minimum absolute atomic E-state index is 0.345. The lowest BCUT2D eigenvalue weighted by Crippen LogP contribution is -2.24. The molecular weight excluding hydrogens is 334 g/mol. The lowest BCUT2D eigenvalue weighted by atomic mass is 10.1. The maximum Gasteiger partial charge on any atom is 0.110 e. The van der Waals surface area contributed by atoms with Gasteiger partial charge in [0.15, 0.2) is 0 Å². The number of nitrogens with zero attached hydrogens (tertiary/aromatic N) is 2. The van der Waals surface area contributed by atoms with Crippen LogP contribution in [-0.2, 0) is 13.0 Å². The third-order valence-corrected chi connectivity index (χ3v) is 5.64. The Kier molecular flexibility index (Phi) is 5.81. The van der Waals surface area contributed by atoms with Crippen molar-refractivity contribution in [1.29, 1.82) is 0 Å². The highest BCUT2D eigenvalue weighted by Crippen LogP contribution is 2.32. The third-order valence-electron chi connectivity index (χ3n) is 3.39. The van der Waals surface area contributed by atoms with Gasteiger partial charge in [0.25, 0.3) is 0 Å². The van der Waals surface area contributed by atoms with E-state index < -0.39 is 0 Å². The Morgan fingerprint density at radius 2 is 2.25 bits per heavy atom. The van der Waals surface area contributed by atoms with Gasteiger partial charge in [0.2, 0.25) is 0 Å². The summed E-state index contributed by atoms with van der Waals surface area (Å²) in [6, 6.07) is 2.62. The van der Waals surface area contributed by atoms with Crippen LogP contribution < -0.4 is 5.32 Å². The minimum atomic E-state index is 0.345. The number of aromatic nitrogens is 2. The zero-order valence-corrected chi connectivity index (χ0v) is 14.7. The normalized spacial score (nSPS) is 12.8. The molecule has 110 valence electrons. The summed E-state index contributed by atoms with van der Waals surface area (Å²) < 4.78 is 3.45. The molecule has 3 nitrogen and oxygen atoms in total. The monoisotopic (exact) mass is 355 g/mol. The molecule has 0 aliphatic heterocycles. The Morgan fingerprint density at radius 1 is 1.45 bits per heavy atom. The molecule has 0 amide bonds. The molecule has 2 aromatic heterocycles. The van der Waals surface area contributed by atoms with Crippen LogP contribution in [0.15, 0.2) is 22.2 Å². The van der Waals surface area contributed by atoms with Crippen molar-refractivity contribution in [2.75, 3.05) is 6.54 Å². The van der Waals surface area contributed by atoms with Crippen LogP contribution in [0.2, 0.25) is 0 Å². The summed E-state index contributed by atoms with van der Waals surface area (Å²) in [4.78, 5) is 5.89. The molecule has 0 radical (unpaired) electrons. The van der Waals surface area contributed by atoms with Gasteiger partial charge < -0.3 is 9.88 Å². The summed E-state index contributed by atoms with van der Waals surface area (Å²) in [5.74, 6) is 1.16. The Labute approximate surface area is 133 Å². The Balaban J connectivity index is 2.19. The second-order valence-corrected chi connectivity index (χ2v) is 7.35. The summed E-state index contributed by atoms with van der Waals surface area (Å²) in [5.41, 5.74) is 1.31. The molecule has 1 N–H and O–H groups in total. The van der Waals surface area contributed by atoms with Crippen molar-refractivity contribution in [3.63, 3.8) is 0 Å². The molecule has 5 heteroatoms. The van der Waals surface area contributed by atoms with E-state index in [0.29, 0.717) is 6.04 Å². The topological polar surface area (TPSA) is 29.9 Å². The molecule has 0 saturated heterocycles. The molecule has 2 aromatic rings. The van der Waals surface area contributed by atoms with Gasteiger partial charge in [-0.15, -0.1) is 11.3 Å². The van der Waals surface area contributed by atoms with Crippen molar-refractivity contribution in [3.8, 4) is 0 Å². The number of hydrogen-bond donors (Lipinski definition) is 1. The fourth-order valence-corrected chi connectivity index (χ4v) is 3.89. The van der Waals surface area contributed by atoms with Crippen LogP contribution in [0.1, 0.15) is 42.6 Å². The number of nitrogens with one attached hydrogen (secondary N) is 1. The number of hydrogen-bond acceptors (Lipinski definition) is 3. The molecule has 0 saturated carbocycles. The summed E-state index contributed by atoms with van der Waals surface area (Å²) in [5, 5.41) is 3.65. The van der Waals surface area contributed by atoms with E-state index in [1.165, 1.54) is 14.2 Å². The SMILES string of the molecule is CCCNC(Cc1nccn1CC)c1cc(C)c(Br)s1. The fraction of sp³-hybridized carbons (Fsp3) is 0.533. The lowest BCUT2D eigenvalue weighted by Gasteiger charge is -2.17. The molecule has 0 spiro atoms. The second kappa shape index (κ2) is 7.38. The van der Waals surface area contributed by atoms with E-state index in [-0.39, 0.29) is 0 Å². The number of halogens is 1. The van der Waals surface area contributed by atoms with Gasteiger partial charge in [-0.1, -0.05) is 6.92 Å².